The number of aromatic hydroxyl groups is 1. The number of hydrogen-bond acceptors (Lipinski definition) is 5. The lowest BCUT2D eigenvalue weighted by atomic mass is 9.88. The van der Waals surface area contributed by atoms with Crippen molar-refractivity contribution in [3.63, 3.8) is 0 Å². The van der Waals surface area contributed by atoms with Gasteiger partial charge in [-0.3, -0.25) is 4.79 Å². The van der Waals surface area contributed by atoms with E-state index in [4.69, 9.17) is 9.47 Å². The Balaban J connectivity index is 2.80. The number of phenols is 1. The summed E-state index contributed by atoms with van der Waals surface area (Å²) in [7, 11) is 1.47. The minimum absolute atomic E-state index is 0.0947. The van der Waals surface area contributed by atoms with Crippen LogP contribution in [0, 0.1) is 12.8 Å². The largest absolute Gasteiger partial charge is 0.506 e. The normalized spacial score (nSPS) is 15.6. The van der Waals surface area contributed by atoms with Gasteiger partial charge in [0.2, 0.25) is 0 Å². The average Bonchev–Trinajstić information content (AvgIpc) is 2.90. The SMILES string of the molecule is COc1c(C)c2c(c(O)c1/C(C)=C(\C)C(C)C(=O)O)C(=O)OC2. The first-order valence-electron chi connectivity index (χ1n) is 7.22. The molecule has 1 unspecified atom stereocenters. The van der Waals surface area contributed by atoms with Gasteiger partial charge in [-0.15, -0.1) is 0 Å². The van der Waals surface area contributed by atoms with E-state index in [2.05, 4.69) is 0 Å². The van der Waals surface area contributed by atoms with Gasteiger partial charge in [0, 0.05) is 5.56 Å². The lowest BCUT2D eigenvalue weighted by molar-refractivity contribution is -0.139. The van der Waals surface area contributed by atoms with Crippen molar-refractivity contribution in [2.75, 3.05) is 7.11 Å². The van der Waals surface area contributed by atoms with E-state index >= 15 is 0 Å². The summed E-state index contributed by atoms with van der Waals surface area (Å²) < 4.78 is 10.4. The molecule has 0 saturated heterocycles. The molecule has 1 aromatic carbocycles. The molecule has 6 heteroatoms. The predicted molar refractivity (Wildman–Crippen MR) is 83.6 cm³/mol. The molecule has 1 aliphatic heterocycles. The number of ether oxygens (including phenoxy) is 2. The molecule has 1 aliphatic rings. The van der Waals surface area contributed by atoms with Crippen molar-refractivity contribution in [1.29, 1.82) is 0 Å². The van der Waals surface area contributed by atoms with Crippen LogP contribution in [0.4, 0.5) is 0 Å². The number of carbonyl (C=O) groups is 2. The van der Waals surface area contributed by atoms with Crippen LogP contribution in [0.25, 0.3) is 5.57 Å². The highest BCUT2D eigenvalue weighted by atomic mass is 16.5. The Labute approximate surface area is 134 Å². The lowest BCUT2D eigenvalue weighted by Gasteiger charge is -2.19. The van der Waals surface area contributed by atoms with E-state index in [-0.39, 0.29) is 17.9 Å². The molecule has 0 radical (unpaired) electrons. The fourth-order valence-corrected chi connectivity index (χ4v) is 2.81. The van der Waals surface area contributed by atoms with E-state index < -0.39 is 17.9 Å². The highest BCUT2D eigenvalue weighted by molar-refractivity contribution is 6.00. The van der Waals surface area contributed by atoms with Gasteiger partial charge in [-0.2, -0.15) is 0 Å². The summed E-state index contributed by atoms with van der Waals surface area (Å²) in [5, 5.41) is 19.8. The van der Waals surface area contributed by atoms with E-state index in [0.29, 0.717) is 33.6 Å². The molecule has 0 bridgehead atoms. The second kappa shape index (κ2) is 5.95. The standard InChI is InChI=1S/C17H20O6/c1-7(9(3)16(19)20)8(2)12-14(18)13-11(6-23-17(13)21)10(4)15(12)22-5/h9,18H,6H2,1-5H3,(H,19,20)/b8-7+. The van der Waals surface area contributed by atoms with Crippen molar-refractivity contribution in [2.24, 2.45) is 5.92 Å². The van der Waals surface area contributed by atoms with Crippen LogP contribution >= 0.6 is 0 Å². The first-order chi connectivity index (χ1) is 10.7. The van der Waals surface area contributed by atoms with Crippen molar-refractivity contribution in [3.05, 3.63) is 27.8 Å². The number of rotatable bonds is 4. The molecule has 0 aliphatic carbocycles. The molecule has 2 rings (SSSR count). The summed E-state index contributed by atoms with van der Waals surface area (Å²) in [4.78, 5) is 23.1. The number of aliphatic carboxylic acids is 1. The Bertz CT molecular complexity index is 729. The van der Waals surface area contributed by atoms with Crippen molar-refractivity contribution in [2.45, 2.75) is 34.3 Å². The number of carbonyl (C=O) groups excluding carboxylic acids is 1. The lowest BCUT2D eigenvalue weighted by Crippen LogP contribution is -2.12. The van der Waals surface area contributed by atoms with Crippen LogP contribution in [0.5, 0.6) is 11.5 Å². The number of hydrogen-bond donors (Lipinski definition) is 2. The van der Waals surface area contributed by atoms with Gasteiger partial charge in [-0.25, -0.2) is 4.79 Å². The molecule has 124 valence electrons. The zero-order valence-corrected chi connectivity index (χ0v) is 13.8. The van der Waals surface area contributed by atoms with Crippen LogP contribution in [0.3, 0.4) is 0 Å². The van der Waals surface area contributed by atoms with Crippen LogP contribution in [0.2, 0.25) is 0 Å². The number of carboxylic acid groups (broad SMARTS) is 1. The van der Waals surface area contributed by atoms with Gasteiger partial charge in [0.25, 0.3) is 0 Å². The van der Waals surface area contributed by atoms with Crippen molar-refractivity contribution in [3.8, 4) is 11.5 Å². The smallest absolute Gasteiger partial charge is 0.342 e. The monoisotopic (exact) mass is 320 g/mol. The average molecular weight is 320 g/mol. The maximum Gasteiger partial charge on any atom is 0.342 e. The number of allylic oxidation sites excluding steroid dienone is 1. The van der Waals surface area contributed by atoms with E-state index in [1.54, 1.807) is 27.7 Å². The van der Waals surface area contributed by atoms with Gasteiger partial charge in [-0.05, 0) is 38.8 Å². The molecule has 0 aromatic heterocycles. The molecule has 1 heterocycles. The molecule has 0 fully saturated rings. The fourth-order valence-electron chi connectivity index (χ4n) is 2.81. The second-order valence-corrected chi connectivity index (χ2v) is 5.68. The molecule has 1 aromatic rings. The van der Waals surface area contributed by atoms with Crippen molar-refractivity contribution in [1.82, 2.24) is 0 Å². The number of phenolic OH excluding ortho intramolecular Hbond substituents is 1. The fraction of sp³-hybridized carbons (Fsp3) is 0.412. The van der Waals surface area contributed by atoms with Crippen LogP contribution in [0.15, 0.2) is 5.57 Å². The number of fused-ring (bicyclic) bond motifs is 1. The Morgan fingerprint density at radius 1 is 1.35 bits per heavy atom. The third-order valence-corrected chi connectivity index (χ3v) is 4.54. The summed E-state index contributed by atoms with van der Waals surface area (Å²) in [6.07, 6.45) is 0. The minimum Gasteiger partial charge on any atom is -0.506 e. The van der Waals surface area contributed by atoms with Gasteiger partial charge in [-0.1, -0.05) is 5.57 Å². The first kappa shape index (κ1) is 16.9. The van der Waals surface area contributed by atoms with Gasteiger partial charge >= 0.3 is 11.9 Å². The van der Waals surface area contributed by atoms with Crippen LogP contribution in [0.1, 0.15) is 47.8 Å². The Hall–Kier alpha value is -2.50. The minimum atomic E-state index is -0.961. The molecule has 0 spiro atoms. The second-order valence-electron chi connectivity index (χ2n) is 5.68. The molecule has 2 N–H and O–H groups in total. The number of methoxy groups -OCH3 is 1. The molecule has 6 nitrogen and oxygen atoms in total. The predicted octanol–water partition coefficient (Wildman–Crippen LogP) is 2.89. The summed E-state index contributed by atoms with van der Waals surface area (Å²) in [6, 6.07) is 0. The summed E-state index contributed by atoms with van der Waals surface area (Å²) in [5.41, 5.74) is 2.93. The highest BCUT2D eigenvalue weighted by Gasteiger charge is 2.33. The molecule has 0 saturated carbocycles. The summed E-state index contributed by atoms with van der Waals surface area (Å²) in [5.74, 6) is -2.06. The number of cyclic esters (lactones) is 1. The quantitative estimate of drug-likeness (QED) is 0.829. The van der Waals surface area contributed by atoms with E-state index in [0.717, 1.165) is 0 Å². The zero-order chi connectivity index (χ0) is 17.5. The van der Waals surface area contributed by atoms with E-state index in [9.17, 15) is 19.8 Å². The molecule has 23 heavy (non-hydrogen) atoms. The van der Waals surface area contributed by atoms with Gasteiger partial charge in [0.05, 0.1) is 18.6 Å². The molecule has 0 amide bonds. The Morgan fingerprint density at radius 3 is 2.48 bits per heavy atom. The van der Waals surface area contributed by atoms with Crippen LogP contribution in [-0.2, 0) is 16.1 Å². The van der Waals surface area contributed by atoms with Crippen molar-refractivity contribution < 1.29 is 29.3 Å². The third kappa shape index (κ3) is 2.54. The topological polar surface area (TPSA) is 93.1 Å². The van der Waals surface area contributed by atoms with Crippen molar-refractivity contribution >= 4 is 17.5 Å². The molecular formula is C17H20O6. The van der Waals surface area contributed by atoms with Gasteiger partial charge in [0.1, 0.15) is 23.7 Å². The van der Waals surface area contributed by atoms with E-state index in [1.807, 2.05) is 0 Å². The first-order valence-corrected chi connectivity index (χ1v) is 7.22. The van der Waals surface area contributed by atoms with Gasteiger partial charge in [0.15, 0.2) is 0 Å². The molecule has 1 atom stereocenters. The Kier molecular flexibility index (Phi) is 4.36. The summed E-state index contributed by atoms with van der Waals surface area (Å²) in [6.45, 7) is 6.84. The number of benzene rings is 1. The number of carboxylic acids is 1. The van der Waals surface area contributed by atoms with E-state index in [1.165, 1.54) is 7.11 Å². The maximum absolute atomic E-state index is 11.9. The zero-order valence-electron chi connectivity index (χ0n) is 13.8. The van der Waals surface area contributed by atoms with Gasteiger partial charge < -0.3 is 19.7 Å². The highest BCUT2D eigenvalue weighted by Crippen LogP contribution is 2.45. The van der Waals surface area contributed by atoms with Crippen LogP contribution in [-0.4, -0.2) is 29.3 Å². The Morgan fingerprint density at radius 2 is 1.96 bits per heavy atom. The number of esters is 1. The third-order valence-electron chi connectivity index (χ3n) is 4.54. The molecular weight excluding hydrogens is 300 g/mol. The summed E-state index contributed by atoms with van der Waals surface area (Å²) >= 11 is 0. The van der Waals surface area contributed by atoms with Crippen LogP contribution < -0.4 is 4.74 Å². The maximum atomic E-state index is 11.9.